The van der Waals surface area contributed by atoms with Crippen LogP contribution in [-0.2, 0) is 11.3 Å². The van der Waals surface area contributed by atoms with Crippen molar-refractivity contribution in [2.75, 3.05) is 53.5 Å². The molecule has 6 nitrogen and oxygen atoms in total. The van der Waals surface area contributed by atoms with E-state index in [9.17, 15) is 4.79 Å². The molecule has 1 aromatic rings. The number of carbonyl (C=O) groups is 1. The molecule has 1 aromatic carbocycles. The summed E-state index contributed by atoms with van der Waals surface area (Å²) in [5.74, 6) is 2.67. The molecule has 25 heavy (non-hydrogen) atoms. The van der Waals surface area contributed by atoms with Crippen molar-refractivity contribution in [2.45, 2.75) is 13.5 Å². The summed E-state index contributed by atoms with van der Waals surface area (Å²) in [7, 11) is 3.37. The molecule has 1 unspecified atom stereocenters. The average Bonchev–Trinajstić information content (AvgIpc) is 2.60. The fourth-order valence-corrected chi connectivity index (χ4v) is 3.53. The molecule has 2 aliphatic heterocycles. The van der Waals surface area contributed by atoms with Crippen LogP contribution < -0.4 is 14.8 Å². The van der Waals surface area contributed by atoms with E-state index in [1.165, 1.54) is 0 Å². The fraction of sp³-hybridized carbons (Fsp3) is 0.632. The predicted octanol–water partition coefficient (Wildman–Crippen LogP) is 1.20. The molecule has 1 N–H and O–H groups in total. The van der Waals surface area contributed by atoms with Crippen LogP contribution in [0.2, 0.25) is 0 Å². The van der Waals surface area contributed by atoms with Gasteiger partial charge in [-0.25, -0.2) is 0 Å². The van der Waals surface area contributed by atoms with Crippen LogP contribution in [0, 0.1) is 11.8 Å². The number of nitrogens with zero attached hydrogens (tertiary/aromatic N) is 2. The third kappa shape index (κ3) is 4.07. The lowest BCUT2D eigenvalue weighted by Gasteiger charge is -2.39. The zero-order valence-electron chi connectivity index (χ0n) is 15.5. The molecule has 2 fully saturated rings. The molecule has 2 aliphatic rings. The minimum atomic E-state index is 0.131. The maximum Gasteiger partial charge on any atom is 0.225 e. The molecule has 138 valence electrons. The van der Waals surface area contributed by atoms with Crippen molar-refractivity contribution >= 4 is 5.91 Å². The molecular weight excluding hydrogens is 318 g/mol. The molecule has 2 saturated heterocycles. The first-order valence-corrected chi connectivity index (χ1v) is 9.05. The SMILES string of the molecule is COc1ccc(OC)c(CN2CCN(C(=O)C(C)C3CNC3)CC2)c1. The second kappa shape index (κ2) is 8.06. The topological polar surface area (TPSA) is 54.0 Å². The van der Waals surface area contributed by atoms with Gasteiger partial charge in [-0.3, -0.25) is 9.69 Å². The van der Waals surface area contributed by atoms with Crippen molar-refractivity contribution in [3.05, 3.63) is 23.8 Å². The summed E-state index contributed by atoms with van der Waals surface area (Å²) >= 11 is 0. The second-order valence-corrected chi connectivity index (χ2v) is 6.99. The standard InChI is InChI=1S/C19H29N3O3/c1-14(16-11-20-12-16)19(23)22-8-6-21(7-9-22)13-15-10-17(24-2)4-5-18(15)25-3/h4-5,10,14,16,20H,6-9,11-13H2,1-3H3. The molecule has 0 bridgehead atoms. The zero-order valence-corrected chi connectivity index (χ0v) is 15.5. The van der Waals surface area contributed by atoms with E-state index in [0.717, 1.165) is 62.9 Å². The Hall–Kier alpha value is -1.79. The number of benzene rings is 1. The van der Waals surface area contributed by atoms with E-state index in [0.29, 0.717) is 11.8 Å². The van der Waals surface area contributed by atoms with Crippen LogP contribution in [0.3, 0.4) is 0 Å². The zero-order chi connectivity index (χ0) is 17.8. The van der Waals surface area contributed by atoms with Crippen molar-refractivity contribution in [1.82, 2.24) is 15.1 Å². The minimum Gasteiger partial charge on any atom is -0.497 e. The molecule has 1 amide bonds. The van der Waals surface area contributed by atoms with Crippen LogP contribution in [0.4, 0.5) is 0 Å². The monoisotopic (exact) mass is 347 g/mol. The molecule has 0 aliphatic carbocycles. The highest BCUT2D eigenvalue weighted by atomic mass is 16.5. The van der Waals surface area contributed by atoms with E-state index < -0.39 is 0 Å². The Bertz CT molecular complexity index is 596. The van der Waals surface area contributed by atoms with Crippen LogP contribution in [0.15, 0.2) is 18.2 Å². The van der Waals surface area contributed by atoms with Crippen LogP contribution in [0.25, 0.3) is 0 Å². The summed E-state index contributed by atoms with van der Waals surface area (Å²) in [6.07, 6.45) is 0. The van der Waals surface area contributed by atoms with Gasteiger partial charge in [0.1, 0.15) is 11.5 Å². The molecule has 1 atom stereocenters. The van der Waals surface area contributed by atoms with Gasteiger partial charge in [0.25, 0.3) is 0 Å². The van der Waals surface area contributed by atoms with Gasteiger partial charge < -0.3 is 19.7 Å². The maximum absolute atomic E-state index is 12.6. The fourth-order valence-electron chi connectivity index (χ4n) is 3.53. The minimum absolute atomic E-state index is 0.131. The smallest absolute Gasteiger partial charge is 0.225 e. The maximum atomic E-state index is 12.6. The van der Waals surface area contributed by atoms with Crippen molar-refractivity contribution in [1.29, 1.82) is 0 Å². The molecule has 6 heteroatoms. The largest absolute Gasteiger partial charge is 0.497 e. The molecule has 3 rings (SSSR count). The van der Waals surface area contributed by atoms with E-state index in [1.807, 2.05) is 23.1 Å². The first kappa shape index (κ1) is 18.0. The lowest BCUT2D eigenvalue weighted by atomic mass is 9.88. The molecule has 2 heterocycles. The highest BCUT2D eigenvalue weighted by molar-refractivity contribution is 5.79. The Morgan fingerprint density at radius 3 is 2.48 bits per heavy atom. The van der Waals surface area contributed by atoms with Crippen molar-refractivity contribution in [3.63, 3.8) is 0 Å². The van der Waals surface area contributed by atoms with Crippen LogP contribution in [0.5, 0.6) is 11.5 Å². The number of hydrogen-bond acceptors (Lipinski definition) is 5. The third-order valence-electron chi connectivity index (χ3n) is 5.48. The number of carbonyl (C=O) groups excluding carboxylic acids is 1. The average molecular weight is 347 g/mol. The van der Waals surface area contributed by atoms with Crippen molar-refractivity contribution < 1.29 is 14.3 Å². The van der Waals surface area contributed by atoms with E-state index in [-0.39, 0.29) is 5.92 Å². The molecule has 0 radical (unpaired) electrons. The van der Waals surface area contributed by atoms with Gasteiger partial charge in [0.05, 0.1) is 14.2 Å². The lowest BCUT2D eigenvalue weighted by molar-refractivity contribution is -0.139. The quantitative estimate of drug-likeness (QED) is 0.838. The Morgan fingerprint density at radius 1 is 1.20 bits per heavy atom. The summed E-state index contributed by atoms with van der Waals surface area (Å²) in [6, 6.07) is 5.89. The Morgan fingerprint density at radius 2 is 1.92 bits per heavy atom. The van der Waals surface area contributed by atoms with Gasteiger partial charge in [-0.15, -0.1) is 0 Å². The van der Waals surface area contributed by atoms with Crippen molar-refractivity contribution in [3.8, 4) is 11.5 Å². The molecule has 0 saturated carbocycles. The van der Waals surface area contributed by atoms with Crippen LogP contribution >= 0.6 is 0 Å². The van der Waals surface area contributed by atoms with Gasteiger partial charge in [0, 0.05) is 44.2 Å². The van der Waals surface area contributed by atoms with E-state index in [4.69, 9.17) is 9.47 Å². The first-order valence-electron chi connectivity index (χ1n) is 9.05. The number of piperazine rings is 1. The number of rotatable bonds is 6. The predicted molar refractivity (Wildman–Crippen MR) is 96.9 cm³/mol. The second-order valence-electron chi connectivity index (χ2n) is 6.99. The van der Waals surface area contributed by atoms with E-state index in [2.05, 4.69) is 17.1 Å². The van der Waals surface area contributed by atoms with Gasteiger partial charge >= 0.3 is 0 Å². The first-order chi connectivity index (χ1) is 12.1. The van der Waals surface area contributed by atoms with Gasteiger partial charge in [0.2, 0.25) is 5.91 Å². The normalized spacial score (nSPS) is 20.0. The van der Waals surface area contributed by atoms with Gasteiger partial charge in [0.15, 0.2) is 0 Å². The number of nitrogens with one attached hydrogen (secondary N) is 1. The lowest BCUT2D eigenvalue weighted by Crippen LogP contribution is -2.54. The Labute approximate surface area is 150 Å². The van der Waals surface area contributed by atoms with Crippen LogP contribution in [-0.4, -0.2) is 69.2 Å². The van der Waals surface area contributed by atoms with E-state index >= 15 is 0 Å². The van der Waals surface area contributed by atoms with E-state index in [1.54, 1.807) is 14.2 Å². The number of hydrogen-bond donors (Lipinski definition) is 1. The number of ether oxygens (including phenoxy) is 2. The number of methoxy groups -OCH3 is 2. The van der Waals surface area contributed by atoms with Crippen molar-refractivity contribution in [2.24, 2.45) is 11.8 Å². The summed E-state index contributed by atoms with van der Waals surface area (Å²) in [5.41, 5.74) is 1.12. The summed E-state index contributed by atoms with van der Waals surface area (Å²) in [5, 5.41) is 3.25. The Balaban J connectivity index is 1.55. The number of amides is 1. The summed E-state index contributed by atoms with van der Waals surface area (Å²) in [6.45, 7) is 8.21. The molecular formula is C19H29N3O3. The third-order valence-corrected chi connectivity index (χ3v) is 5.48. The molecule has 0 spiro atoms. The van der Waals surface area contributed by atoms with Gasteiger partial charge in [-0.2, -0.15) is 0 Å². The van der Waals surface area contributed by atoms with Gasteiger partial charge in [-0.05, 0) is 37.2 Å². The Kier molecular flexibility index (Phi) is 5.81. The van der Waals surface area contributed by atoms with Crippen LogP contribution in [0.1, 0.15) is 12.5 Å². The van der Waals surface area contributed by atoms with Gasteiger partial charge in [-0.1, -0.05) is 6.92 Å². The molecule has 0 aromatic heterocycles. The highest BCUT2D eigenvalue weighted by Gasteiger charge is 2.32. The highest BCUT2D eigenvalue weighted by Crippen LogP contribution is 2.26. The summed E-state index contributed by atoms with van der Waals surface area (Å²) < 4.78 is 10.8. The summed E-state index contributed by atoms with van der Waals surface area (Å²) in [4.78, 5) is 17.0.